The van der Waals surface area contributed by atoms with Gasteiger partial charge in [0.25, 0.3) is 5.91 Å². The average molecular weight is 355 g/mol. The Morgan fingerprint density at radius 1 is 1.23 bits per heavy atom. The van der Waals surface area contributed by atoms with E-state index >= 15 is 0 Å². The summed E-state index contributed by atoms with van der Waals surface area (Å²) in [6, 6.07) is 13.1. The first kappa shape index (κ1) is 18.4. The number of hydrogen-bond donors (Lipinski definition) is 2. The molecular formula is C21H25NO4. The number of aliphatic hydroxyl groups is 2. The predicted molar refractivity (Wildman–Crippen MR) is 100 cm³/mol. The Hall–Kier alpha value is -2.37. The van der Waals surface area contributed by atoms with Gasteiger partial charge in [0.2, 0.25) is 0 Å². The third-order valence-corrected chi connectivity index (χ3v) is 4.59. The summed E-state index contributed by atoms with van der Waals surface area (Å²) in [5, 5.41) is 19.3. The van der Waals surface area contributed by atoms with Crippen LogP contribution in [0.3, 0.4) is 0 Å². The lowest BCUT2D eigenvalue weighted by Crippen LogP contribution is -2.29. The van der Waals surface area contributed by atoms with E-state index in [1.807, 2.05) is 43.3 Å². The fourth-order valence-electron chi connectivity index (χ4n) is 3.18. The van der Waals surface area contributed by atoms with Crippen molar-refractivity contribution in [3.8, 4) is 16.9 Å². The number of benzene rings is 2. The smallest absolute Gasteiger partial charge is 0.253 e. The van der Waals surface area contributed by atoms with Gasteiger partial charge >= 0.3 is 0 Å². The van der Waals surface area contributed by atoms with Crippen LogP contribution in [-0.4, -0.2) is 46.8 Å². The number of nitrogens with zero attached hydrogens (tertiary/aromatic N) is 1. The van der Waals surface area contributed by atoms with Crippen LogP contribution in [-0.2, 0) is 6.61 Å². The van der Waals surface area contributed by atoms with Crippen molar-refractivity contribution in [2.24, 2.45) is 0 Å². The molecule has 0 bridgehead atoms. The van der Waals surface area contributed by atoms with Gasteiger partial charge in [-0.05, 0) is 48.2 Å². The molecule has 1 aliphatic heterocycles. The van der Waals surface area contributed by atoms with Gasteiger partial charge in [-0.2, -0.15) is 0 Å². The van der Waals surface area contributed by atoms with Crippen molar-refractivity contribution in [3.63, 3.8) is 0 Å². The molecule has 1 aliphatic rings. The Morgan fingerprint density at radius 3 is 2.73 bits per heavy atom. The Bertz CT molecular complexity index is 774. The largest absolute Gasteiger partial charge is 0.493 e. The van der Waals surface area contributed by atoms with Gasteiger partial charge in [-0.3, -0.25) is 4.79 Å². The fraction of sp³-hybridized carbons (Fsp3) is 0.381. The summed E-state index contributed by atoms with van der Waals surface area (Å²) in [7, 11) is 0. The minimum absolute atomic E-state index is 0.0614. The molecule has 0 spiro atoms. The zero-order valence-electron chi connectivity index (χ0n) is 15.0. The molecule has 3 rings (SSSR count). The highest BCUT2D eigenvalue weighted by Crippen LogP contribution is 2.28. The van der Waals surface area contributed by atoms with Crippen molar-refractivity contribution < 1.29 is 19.7 Å². The third-order valence-electron chi connectivity index (χ3n) is 4.59. The van der Waals surface area contributed by atoms with E-state index in [0.717, 1.165) is 23.1 Å². The summed E-state index contributed by atoms with van der Waals surface area (Å²) in [4.78, 5) is 14.3. The molecule has 1 heterocycles. The van der Waals surface area contributed by atoms with Crippen molar-refractivity contribution in [2.75, 3.05) is 19.7 Å². The van der Waals surface area contributed by atoms with E-state index in [0.29, 0.717) is 37.4 Å². The molecule has 1 fully saturated rings. The van der Waals surface area contributed by atoms with Crippen molar-refractivity contribution in [2.45, 2.75) is 32.5 Å². The average Bonchev–Trinajstić information content (AvgIpc) is 3.12. The first-order valence-electron chi connectivity index (χ1n) is 9.06. The molecule has 2 aromatic rings. The number of likely N-dealkylation sites (tertiary alicyclic amines) is 1. The van der Waals surface area contributed by atoms with Gasteiger partial charge < -0.3 is 19.8 Å². The Labute approximate surface area is 153 Å². The maximum atomic E-state index is 12.6. The number of ether oxygens (including phenoxy) is 1. The van der Waals surface area contributed by atoms with E-state index in [1.165, 1.54) is 0 Å². The molecule has 0 saturated carbocycles. The van der Waals surface area contributed by atoms with Gasteiger partial charge in [-0.1, -0.05) is 25.1 Å². The minimum atomic E-state index is -0.426. The zero-order chi connectivity index (χ0) is 18.5. The van der Waals surface area contributed by atoms with Crippen LogP contribution in [0.1, 0.15) is 35.7 Å². The number of carbonyl (C=O) groups is 1. The van der Waals surface area contributed by atoms with Crippen LogP contribution < -0.4 is 4.74 Å². The molecule has 1 unspecified atom stereocenters. The van der Waals surface area contributed by atoms with Gasteiger partial charge in [-0.15, -0.1) is 0 Å². The molecule has 5 nitrogen and oxygen atoms in total. The molecule has 2 aromatic carbocycles. The monoisotopic (exact) mass is 355 g/mol. The Morgan fingerprint density at radius 2 is 2.04 bits per heavy atom. The standard InChI is InChI=1S/C21H25NO4/c1-2-10-26-20-7-6-16(12-18(20)14-23)15-4-3-5-17(11-15)21(25)22-9-8-19(24)13-22/h3-7,11-12,19,23-24H,2,8-10,13-14H2,1H3. The molecule has 1 saturated heterocycles. The summed E-state index contributed by atoms with van der Waals surface area (Å²) in [5.74, 6) is 0.630. The van der Waals surface area contributed by atoms with Gasteiger partial charge in [0.05, 0.1) is 19.3 Å². The van der Waals surface area contributed by atoms with Gasteiger partial charge in [0, 0.05) is 24.2 Å². The maximum absolute atomic E-state index is 12.6. The van der Waals surface area contributed by atoms with Crippen LogP contribution in [0.25, 0.3) is 11.1 Å². The second-order valence-corrected chi connectivity index (χ2v) is 6.60. The number of rotatable bonds is 6. The summed E-state index contributed by atoms with van der Waals surface area (Å²) < 4.78 is 5.66. The minimum Gasteiger partial charge on any atom is -0.493 e. The van der Waals surface area contributed by atoms with Crippen LogP contribution >= 0.6 is 0 Å². The lowest BCUT2D eigenvalue weighted by Gasteiger charge is -2.16. The number of β-amino-alcohol motifs (C(OH)–C–C–N with tert-alkyl or cyclic N) is 1. The highest BCUT2D eigenvalue weighted by atomic mass is 16.5. The van der Waals surface area contributed by atoms with Crippen LogP contribution in [0.5, 0.6) is 5.75 Å². The number of carbonyl (C=O) groups excluding carboxylic acids is 1. The summed E-state index contributed by atoms with van der Waals surface area (Å²) >= 11 is 0. The van der Waals surface area contributed by atoms with Crippen LogP contribution in [0.4, 0.5) is 0 Å². The van der Waals surface area contributed by atoms with E-state index < -0.39 is 6.10 Å². The summed E-state index contributed by atoms with van der Waals surface area (Å²) in [6.45, 7) is 3.52. The van der Waals surface area contributed by atoms with E-state index in [2.05, 4.69) is 0 Å². The van der Waals surface area contributed by atoms with Crippen LogP contribution in [0, 0.1) is 0 Å². The van der Waals surface area contributed by atoms with Crippen molar-refractivity contribution >= 4 is 5.91 Å². The SMILES string of the molecule is CCCOc1ccc(-c2cccc(C(=O)N3CCC(O)C3)c2)cc1CO. The van der Waals surface area contributed by atoms with E-state index in [-0.39, 0.29) is 12.5 Å². The van der Waals surface area contributed by atoms with E-state index in [9.17, 15) is 15.0 Å². The van der Waals surface area contributed by atoms with Gasteiger partial charge in [0.15, 0.2) is 0 Å². The van der Waals surface area contributed by atoms with Crippen LogP contribution in [0.2, 0.25) is 0 Å². The molecule has 1 atom stereocenters. The summed E-state index contributed by atoms with van der Waals surface area (Å²) in [5.41, 5.74) is 3.17. The molecule has 138 valence electrons. The first-order valence-corrected chi connectivity index (χ1v) is 9.06. The topological polar surface area (TPSA) is 70.0 Å². The molecule has 2 N–H and O–H groups in total. The quantitative estimate of drug-likeness (QED) is 0.836. The van der Waals surface area contributed by atoms with Crippen LogP contribution in [0.15, 0.2) is 42.5 Å². The third kappa shape index (κ3) is 4.06. The van der Waals surface area contributed by atoms with Crippen molar-refractivity contribution in [1.29, 1.82) is 0 Å². The lowest BCUT2D eigenvalue weighted by molar-refractivity contribution is 0.0765. The predicted octanol–water partition coefficient (Wildman–Crippen LogP) is 2.84. The highest BCUT2D eigenvalue weighted by molar-refractivity contribution is 5.95. The molecule has 26 heavy (non-hydrogen) atoms. The first-order chi connectivity index (χ1) is 12.6. The number of amides is 1. The molecule has 0 aromatic heterocycles. The van der Waals surface area contributed by atoms with E-state index in [1.54, 1.807) is 11.0 Å². The molecule has 0 radical (unpaired) electrons. The molecule has 5 heteroatoms. The normalized spacial score (nSPS) is 16.7. The van der Waals surface area contributed by atoms with Gasteiger partial charge in [-0.25, -0.2) is 0 Å². The molecule has 0 aliphatic carbocycles. The number of aliphatic hydroxyl groups excluding tert-OH is 2. The van der Waals surface area contributed by atoms with Crippen molar-refractivity contribution in [3.05, 3.63) is 53.6 Å². The number of hydrogen-bond acceptors (Lipinski definition) is 4. The second-order valence-electron chi connectivity index (χ2n) is 6.60. The maximum Gasteiger partial charge on any atom is 0.253 e. The second kappa shape index (κ2) is 8.34. The Kier molecular flexibility index (Phi) is 5.91. The highest BCUT2D eigenvalue weighted by Gasteiger charge is 2.25. The van der Waals surface area contributed by atoms with E-state index in [4.69, 9.17) is 4.74 Å². The fourth-order valence-corrected chi connectivity index (χ4v) is 3.18. The zero-order valence-corrected chi connectivity index (χ0v) is 15.0. The van der Waals surface area contributed by atoms with Crippen molar-refractivity contribution in [1.82, 2.24) is 4.90 Å². The molecular weight excluding hydrogens is 330 g/mol. The van der Waals surface area contributed by atoms with Gasteiger partial charge in [0.1, 0.15) is 5.75 Å². The molecule has 1 amide bonds. The lowest BCUT2D eigenvalue weighted by atomic mass is 10.00. The Balaban J connectivity index is 1.84. The summed E-state index contributed by atoms with van der Waals surface area (Å²) in [6.07, 6.45) is 1.11.